The van der Waals surface area contributed by atoms with Crippen LogP contribution < -0.4 is 5.32 Å². The largest absolute Gasteiger partial charge is 0.357 e. The third kappa shape index (κ3) is 5.54. The quantitative estimate of drug-likeness (QED) is 0.635. The number of nitrogens with zero attached hydrogens (tertiary/aromatic N) is 3. The number of aromatic nitrogens is 1. The van der Waals surface area contributed by atoms with Gasteiger partial charge in [-0.1, -0.05) is 30.3 Å². The van der Waals surface area contributed by atoms with E-state index >= 15 is 0 Å². The van der Waals surface area contributed by atoms with Gasteiger partial charge in [0.15, 0.2) is 5.13 Å². The number of amides is 1. The van der Waals surface area contributed by atoms with E-state index in [0.717, 1.165) is 28.2 Å². The predicted molar refractivity (Wildman–Crippen MR) is 132 cm³/mol. The summed E-state index contributed by atoms with van der Waals surface area (Å²) >= 11 is 3.22. The summed E-state index contributed by atoms with van der Waals surface area (Å²) in [6.45, 7) is 3.92. The summed E-state index contributed by atoms with van der Waals surface area (Å²) in [4.78, 5) is 19.7. The molecule has 172 valence electrons. The molecule has 2 saturated heterocycles. The first kappa shape index (κ1) is 23.3. The molecule has 4 rings (SSSR count). The maximum Gasteiger partial charge on any atom is 0.230 e. The van der Waals surface area contributed by atoms with Gasteiger partial charge in [-0.15, -0.1) is 23.1 Å². The van der Waals surface area contributed by atoms with Crippen LogP contribution in [0.1, 0.15) is 31.0 Å². The minimum atomic E-state index is -3.18. The first-order valence-corrected chi connectivity index (χ1v) is 14.3. The summed E-state index contributed by atoms with van der Waals surface area (Å²) in [5, 5.41) is 7.13. The highest BCUT2D eigenvalue weighted by Crippen LogP contribution is 2.33. The molecule has 0 bridgehead atoms. The van der Waals surface area contributed by atoms with Crippen molar-refractivity contribution in [3.05, 3.63) is 52.0 Å². The van der Waals surface area contributed by atoms with E-state index in [1.807, 2.05) is 34.6 Å². The van der Waals surface area contributed by atoms with Gasteiger partial charge in [-0.05, 0) is 31.4 Å². The van der Waals surface area contributed by atoms with Gasteiger partial charge < -0.3 is 10.2 Å². The molecule has 32 heavy (non-hydrogen) atoms. The fourth-order valence-corrected chi connectivity index (χ4v) is 6.71. The Morgan fingerprint density at radius 3 is 2.69 bits per heavy atom. The number of sulfonamides is 1. The van der Waals surface area contributed by atoms with Gasteiger partial charge in [0.1, 0.15) is 0 Å². The molecule has 1 amide bonds. The average molecular weight is 493 g/mol. The smallest absolute Gasteiger partial charge is 0.230 e. The zero-order valence-electron chi connectivity index (χ0n) is 18.1. The number of carbonyl (C=O) groups excluding carboxylic acids is 1. The van der Waals surface area contributed by atoms with E-state index in [1.165, 1.54) is 9.87 Å². The Kier molecular flexibility index (Phi) is 7.55. The van der Waals surface area contributed by atoms with E-state index in [0.29, 0.717) is 32.5 Å². The Hall–Kier alpha value is -1.88. The topological polar surface area (TPSA) is 82.6 Å². The second-order valence-electron chi connectivity index (χ2n) is 7.81. The van der Waals surface area contributed by atoms with Crippen LogP contribution in [0.2, 0.25) is 0 Å². The Balaban J connectivity index is 1.36. The van der Waals surface area contributed by atoms with Crippen LogP contribution in [0.15, 0.2) is 40.7 Å². The van der Waals surface area contributed by atoms with Crippen LogP contribution >= 0.6 is 23.1 Å². The summed E-state index contributed by atoms with van der Waals surface area (Å²) in [5.74, 6) is 0.951. The Morgan fingerprint density at radius 1 is 1.22 bits per heavy atom. The second kappa shape index (κ2) is 10.4. The third-order valence-corrected chi connectivity index (χ3v) is 9.46. The monoisotopic (exact) mass is 492 g/mol. The molecule has 3 heterocycles. The first-order chi connectivity index (χ1) is 15.5. The highest BCUT2D eigenvalue weighted by molar-refractivity contribution is 8.03. The number of carbonyl (C=O) groups is 1. The van der Waals surface area contributed by atoms with Gasteiger partial charge in [0, 0.05) is 43.2 Å². The number of piperidine rings is 1. The van der Waals surface area contributed by atoms with Crippen LogP contribution in [0, 0.1) is 5.92 Å². The van der Waals surface area contributed by atoms with Gasteiger partial charge >= 0.3 is 0 Å². The molecule has 0 saturated carbocycles. The van der Waals surface area contributed by atoms with E-state index in [4.69, 9.17) is 0 Å². The lowest BCUT2D eigenvalue weighted by Crippen LogP contribution is -2.43. The summed E-state index contributed by atoms with van der Waals surface area (Å²) < 4.78 is 25.7. The third-order valence-electron chi connectivity index (χ3n) is 5.74. The van der Waals surface area contributed by atoms with E-state index < -0.39 is 10.0 Å². The molecule has 0 atom stereocenters. The van der Waals surface area contributed by atoms with Crippen molar-refractivity contribution in [2.45, 2.75) is 26.3 Å². The molecule has 1 N–H and O–H groups in total. The van der Waals surface area contributed by atoms with Gasteiger partial charge in [0.05, 0.1) is 16.5 Å². The van der Waals surface area contributed by atoms with Crippen molar-refractivity contribution in [1.29, 1.82) is 0 Å². The van der Waals surface area contributed by atoms with Crippen LogP contribution in [-0.4, -0.2) is 59.7 Å². The fourth-order valence-electron chi connectivity index (χ4n) is 3.89. The van der Waals surface area contributed by atoms with Crippen molar-refractivity contribution < 1.29 is 13.2 Å². The highest BCUT2D eigenvalue weighted by atomic mass is 32.2. The lowest BCUT2D eigenvalue weighted by Gasteiger charge is -2.32. The number of anilines is 1. The Labute approximate surface area is 198 Å². The molecule has 7 nitrogen and oxygen atoms in total. The highest BCUT2D eigenvalue weighted by Gasteiger charge is 2.35. The standard InChI is InChI=1S/C22H28N4O3S3/c1-2-32(28,29)25-10-8-18(9-11-25)21(27)26-12-13-30-20(26)14-19-16-31-22(24-19)23-15-17-6-4-3-5-7-17/h3-7,14,16,18H,2,8-13,15H2,1H3,(H,23,24)/b20-14+. The normalized spacial score (nSPS) is 19.5. The number of hydrogen-bond donors (Lipinski definition) is 1. The van der Waals surface area contributed by atoms with E-state index in [9.17, 15) is 13.2 Å². The van der Waals surface area contributed by atoms with E-state index in [1.54, 1.807) is 30.0 Å². The molecule has 10 heteroatoms. The van der Waals surface area contributed by atoms with Crippen LogP contribution in [-0.2, 0) is 21.4 Å². The van der Waals surface area contributed by atoms with Crippen molar-refractivity contribution in [2.24, 2.45) is 5.92 Å². The maximum absolute atomic E-state index is 13.2. The van der Waals surface area contributed by atoms with Gasteiger partial charge in [-0.25, -0.2) is 17.7 Å². The minimum Gasteiger partial charge on any atom is -0.357 e. The molecule has 0 aliphatic carbocycles. The lowest BCUT2D eigenvalue weighted by molar-refractivity contribution is -0.133. The summed E-state index contributed by atoms with van der Waals surface area (Å²) in [6, 6.07) is 10.2. The van der Waals surface area contributed by atoms with Gasteiger partial charge in [0.25, 0.3) is 0 Å². The average Bonchev–Trinajstić information content (AvgIpc) is 3.48. The van der Waals surface area contributed by atoms with Crippen molar-refractivity contribution in [1.82, 2.24) is 14.2 Å². The molecular weight excluding hydrogens is 464 g/mol. The Bertz CT molecular complexity index is 1060. The maximum atomic E-state index is 13.2. The van der Waals surface area contributed by atoms with Crippen molar-refractivity contribution in [2.75, 3.05) is 36.5 Å². The number of rotatable bonds is 7. The van der Waals surface area contributed by atoms with Gasteiger partial charge in [0.2, 0.25) is 15.9 Å². The SMILES string of the molecule is CCS(=O)(=O)N1CCC(C(=O)N2CCS/C2=C/c2csc(NCc3ccccc3)n2)CC1. The fraction of sp³-hybridized carbons (Fsp3) is 0.455. The summed E-state index contributed by atoms with van der Waals surface area (Å²) in [6.07, 6.45) is 3.14. The lowest BCUT2D eigenvalue weighted by atomic mass is 9.96. The summed E-state index contributed by atoms with van der Waals surface area (Å²) in [7, 11) is -3.18. The second-order valence-corrected chi connectivity index (χ2v) is 12.0. The number of thiazole rings is 1. The predicted octanol–water partition coefficient (Wildman–Crippen LogP) is 3.69. The molecule has 0 unspecified atom stereocenters. The number of hydrogen-bond acceptors (Lipinski definition) is 7. The van der Waals surface area contributed by atoms with Crippen molar-refractivity contribution in [3.8, 4) is 0 Å². The molecular formula is C22H28N4O3S3. The first-order valence-electron chi connectivity index (χ1n) is 10.8. The molecule has 0 spiro atoms. The Morgan fingerprint density at radius 2 is 1.97 bits per heavy atom. The molecule has 2 aliphatic heterocycles. The molecule has 2 aliphatic rings. The molecule has 1 aromatic carbocycles. The van der Waals surface area contributed by atoms with Crippen LogP contribution in [0.4, 0.5) is 5.13 Å². The van der Waals surface area contributed by atoms with Crippen LogP contribution in [0.3, 0.4) is 0 Å². The van der Waals surface area contributed by atoms with E-state index in [2.05, 4.69) is 22.4 Å². The number of thioether (sulfide) groups is 1. The van der Waals surface area contributed by atoms with Crippen LogP contribution in [0.25, 0.3) is 6.08 Å². The zero-order valence-corrected chi connectivity index (χ0v) is 20.5. The van der Waals surface area contributed by atoms with Crippen molar-refractivity contribution >= 4 is 50.2 Å². The van der Waals surface area contributed by atoms with E-state index in [-0.39, 0.29) is 17.6 Å². The van der Waals surface area contributed by atoms with Crippen LogP contribution in [0.5, 0.6) is 0 Å². The molecule has 1 aromatic heterocycles. The van der Waals surface area contributed by atoms with Gasteiger partial charge in [-0.3, -0.25) is 4.79 Å². The minimum absolute atomic E-state index is 0.104. The molecule has 2 aromatic rings. The number of nitrogens with one attached hydrogen (secondary N) is 1. The summed E-state index contributed by atoms with van der Waals surface area (Å²) in [5.41, 5.74) is 2.04. The van der Waals surface area contributed by atoms with Crippen molar-refractivity contribution in [3.63, 3.8) is 0 Å². The van der Waals surface area contributed by atoms with Gasteiger partial charge in [-0.2, -0.15) is 0 Å². The molecule has 2 fully saturated rings. The zero-order chi connectivity index (χ0) is 22.6. The molecule has 0 radical (unpaired) electrons. The number of benzene rings is 1.